The van der Waals surface area contributed by atoms with Gasteiger partial charge in [-0.15, -0.1) is 0 Å². The van der Waals surface area contributed by atoms with Gasteiger partial charge in [-0.25, -0.2) is 0 Å². The standard InChI is InChI=1S/C18H22N2O/c19-13-18(8-4-1-5-9-18)11-17(21)15-10-14-6-2-3-7-16(14)20-12-15/h2-3,6-7,10,12H,1,4-5,8-9,11,13,19H2. The summed E-state index contributed by atoms with van der Waals surface area (Å²) in [5.74, 6) is 0.181. The Bertz CT molecular complexity index is 644. The summed E-state index contributed by atoms with van der Waals surface area (Å²) in [6.45, 7) is 0.611. The Kier molecular flexibility index (Phi) is 4.02. The maximum atomic E-state index is 12.6. The minimum absolute atomic E-state index is 0.0149. The molecule has 1 saturated carbocycles. The Balaban J connectivity index is 1.82. The number of benzene rings is 1. The molecule has 1 heterocycles. The Morgan fingerprint density at radius 2 is 1.95 bits per heavy atom. The summed E-state index contributed by atoms with van der Waals surface area (Å²) in [5.41, 5.74) is 7.65. The summed E-state index contributed by atoms with van der Waals surface area (Å²) >= 11 is 0. The highest BCUT2D eigenvalue weighted by Crippen LogP contribution is 2.39. The van der Waals surface area contributed by atoms with Gasteiger partial charge in [-0.05, 0) is 36.9 Å². The van der Waals surface area contributed by atoms with Crippen LogP contribution < -0.4 is 5.73 Å². The molecule has 2 N–H and O–H groups in total. The fourth-order valence-corrected chi connectivity index (χ4v) is 3.42. The minimum atomic E-state index is 0.0149. The molecule has 1 fully saturated rings. The van der Waals surface area contributed by atoms with Crippen molar-refractivity contribution < 1.29 is 4.79 Å². The van der Waals surface area contributed by atoms with Gasteiger partial charge in [0.2, 0.25) is 0 Å². The molecule has 0 saturated heterocycles. The molecule has 0 spiro atoms. The number of hydrogen-bond acceptors (Lipinski definition) is 3. The van der Waals surface area contributed by atoms with Crippen LogP contribution >= 0.6 is 0 Å². The van der Waals surface area contributed by atoms with Crippen molar-refractivity contribution >= 4 is 16.7 Å². The number of carbonyl (C=O) groups is 1. The SMILES string of the molecule is NCC1(CC(=O)c2cnc3ccccc3c2)CCCCC1. The van der Waals surface area contributed by atoms with E-state index in [9.17, 15) is 4.79 Å². The van der Waals surface area contributed by atoms with Crippen LogP contribution in [0.25, 0.3) is 10.9 Å². The molecular weight excluding hydrogens is 260 g/mol. The van der Waals surface area contributed by atoms with E-state index in [1.54, 1.807) is 6.20 Å². The van der Waals surface area contributed by atoms with Gasteiger partial charge in [0.25, 0.3) is 0 Å². The number of carbonyl (C=O) groups excluding carboxylic acids is 1. The van der Waals surface area contributed by atoms with Crippen LogP contribution in [0.15, 0.2) is 36.5 Å². The van der Waals surface area contributed by atoms with Gasteiger partial charge in [0.1, 0.15) is 0 Å². The Hall–Kier alpha value is -1.74. The van der Waals surface area contributed by atoms with Crippen molar-refractivity contribution in [2.45, 2.75) is 38.5 Å². The topological polar surface area (TPSA) is 56.0 Å². The molecule has 110 valence electrons. The predicted molar refractivity (Wildman–Crippen MR) is 85.3 cm³/mol. The van der Waals surface area contributed by atoms with Crippen molar-refractivity contribution in [3.63, 3.8) is 0 Å². The molecule has 21 heavy (non-hydrogen) atoms. The Morgan fingerprint density at radius 3 is 2.71 bits per heavy atom. The van der Waals surface area contributed by atoms with Gasteiger partial charge in [0.05, 0.1) is 5.52 Å². The summed E-state index contributed by atoms with van der Waals surface area (Å²) in [6, 6.07) is 9.85. The summed E-state index contributed by atoms with van der Waals surface area (Å²) in [4.78, 5) is 17.0. The van der Waals surface area contributed by atoms with Gasteiger partial charge in [-0.3, -0.25) is 9.78 Å². The largest absolute Gasteiger partial charge is 0.330 e. The van der Waals surface area contributed by atoms with Crippen LogP contribution in [0.1, 0.15) is 48.9 Å². The van der Waals surface area contributed by atoms with E-state index in [-0.39, 0.29) is 11.2 Å². The van der Waals surface area contributed by atoms with E-state index < -0.39 is 0 Å². The van der Waals surface area contributed by atoms with E-state index in [1.165, 1.54) is 19.3 Å². The van der Waals surface area contributed by atoms with Gasteiger partial charge in [0, 0.05) is 23.6 Å². The molecule has 3 heteroatoms. The lowest BCUT2D eigenvalue weighted by Gasteiger charge is -2.35. The maximum Gasteiger partial charge on any atom is 0.165 e. The van der Waals surface area contributed by atoms with Crippen molar-refractivity contribution in [3.8, 4) is 0 Å². The predicted octanol–water partition coefficient (Wildman–Crippen LogP) is 3.72. The molecule has 0 aliphatic heterocycles. The lowest BCUT2D eigenvalue weighted by Crippen LogP contribution is -2.35. The molecule has 1 aliphatic rings. The number of rotatable bonds is 4. The van der Waals surface area contributed by atoms with Crippen molar-refractivity contribution in [1.82, 2.24) is 4.98 Å². The van der Waals surface area contributed by atoms with Crippen molar-refractivity contribution in [3.05, 3.63) is 42.1 Å². The maximum absolute atomic E-state index is 12.6. The first-order valence-corrected chi connectivity index (χ1v) is 7.81. The van der Waals surface area contributed by atoms with E-state index in [2.05, 4.69) is 4.98 Å². The Morgan fingerprint density at radius 1 is 1.19 bits per heavy atom. The third-order valence-electron chi connectivity index (χ3n) is 4.80. The zero-order valence-electron chi connectivity index (χ0n) is 12.3. The molecule has 0 radical (unpaired) electrons. The average molecular weight is 282 g/mol. The number of pyridine rings is 1. The number of Topliss-reactive ketones (excluding diaryl/α,β-unsaturated/α-hetero) is 1. The second-order valence-electron chi connectivity index (χ2n) is 6.28. The lowest BCUT2D eigenvalue weighted by atomic mass is 9.70. The van der Waals surface area contributed by atoms with Gasteiger partial charge < -0.3 is 5.73 Å². The van der Waals surface area contributed by atoms with Crippen LogP contribution in [0.2, 0.25) is 0 Å². The number of aromatic nitrogens is 1. The van der Waals surface area contributed by atoms with Gasteiger partial charge in [-0.2, -0.15) is 0 Å². The van der Waals surface area contributed by atoms with Gasteiger partial charge in [-0.1, -0.05) is 37.5 Å². The van der Waals surface area contributed by atoms with Crippen LogP contribution in [0, 0.1) is 5.41 Å². The van der Waals surface area contributed by atoms with E-state index in [0.29, 0.717) is 18.5 Å². The number of ketones is 1. The van der Waals surface area contributed by atoms with Gasteiger partial charge >= 0.3 is 0 Å². The zero-order chi connectivity index (χ0) is 14.7. The second-order valence-corrected chi connectivity index (χ2v) is 6.28. The summed E-state index contributed by atoms with van der Waals surface area (Å²) in [7, 11) is 0. The molecule has 1 aromatic heterocycles. The van der Waals surface area contributed by atoms with E-state index in [0.717, 1.165) is 23.7 Å². The molecule has 0 atom stereocenters. The van der Waals surface area contributed by atoms with Crippen LogP contribution in [0.4, 0.5) is 0 Å². The first-order chi connectivity index (χ1) is 10.2. The van der Waals surface area contributed by atoms with Gasteiger partial charge in [0.15, 0.2) is 5.78 Å². The third-order valence-corrected chi connectivity index (χ3v) is 4.80. The molecule has 2 aromatic rings. The number of hydrogen-bond donors (Lipinski definition) is 1. The lowest BCUT2D eigenvalue weighted by molar-refractivity contribution is 0.0868. The van der Waals surface area contributed by atoms with Crippen LogP contribution in [0.3, 0.4) is 0 Å². The number of nitrogens with zero attached hydrogens (tertiary/aromatic N) is 1. The van der Waals surface area contributed by atoms with Crippen molar-refractivity contribution in [2.24, 2.45) is 11.1 Å². The first-order valence-electron chi connectivity index (χ1n) is 7.81. The fraction of sp³-hybridized carbons (Fsp3) is 0.444. The van der Waals surface area contributed by atoms with E-state index in [1.807, 2.05) is 30.3 Å². The third kappa shape index (κ3) is 2.98. The monoisotopic (exact) mass is 282 g/mol. The van der Waals surface area contributed by atoms with Crippen LogP contribution in [0.5, 0.6) is 0 Å². The fourth-order valence-electron chi connectivity index (χ4n) is 3.42. The molecule has 0 unspecified atom stereocenters. The molecular formula is C18H22N2O. The first kappa shape index (κ1) is 14.2. The normalized spacial score (nSPS) is 17.8. The molecule has 0 amide bonds. The molecule has 0 bridgehead atoms. The van der Waals surface area contributed by atoms with E-state index >= 15 is 0 Å². The van der Waals surface area contributed by atoms with Crippen molar-refractivity contribution in [2.75, 3.05) is 6.54 Å². The van der Waals surface area contributed by atoms with Crippen LogP contribution in [-0.2, 0) is 0 Å². The highest BCUT2D eigenvalue weighted by Gasteiger charge is 2.33. The van der Waals surface area contributed by atoms with Crippen LogP contribution in [-0.4, -0.2) is 17.3 Å². The van der Waals surface area contributed by atoms with E-state index in [4.69, 9.17) is 5.73 Å². The highest BCUT2D eigenvalue weighted by atomic mass is 16.1. The number of nitrogens with two attached hydrogens (primary N) is 1. The summed E-state index contributed by atoms with van der Waals surface area (Å²) in [6.07, 6.45) is 8.09. The highest BCUT2D eigenvalue weighted by molar-refractivity contribution is 5.99. The average Bonchev–Trinajstić information content (AvgIpc) is 2.55. The summed E-state index contributed by atoms with van der Waals surface area (Å²) in [5, 5.41) is 1.02. The molecule has 3 rings (SSSR count). The zero-order valence-corrected chi connectivity index (χ0v) is 12.3. The minimum Gasteiger partial charge on any atom is -0.330 e. The second kappa shape index (κ2) is 5.94. The Labute approximate surface area is 125 Å². The molecule has 3 nitrogen and oxygen atoms in total. The quantitative estimate of drug-likeness (QED) is 0.870. The smallest absolute Gasteiger partial charge is 0.165 e. The number of para-hydroxylation sites is 1. The summed E-state index contributed by atoms with van der Waals surface area (Å²) < 4.78 is 0. The number of fused-ring (bicyclic) bond motifs is 1. The van der Waals surface area contributed by atoms with Crippen molar-refractivity contribution in [1.29, 1.82) is 0 Å². The molecule has 1 aliphatic carbocycles. The molecule has 1 aromatic carbocycles.